The van der Waals surface area contributed by atoms with E-state index in [0.29, 0.717) is 17.6 Å². The number of aromatic nitrogens is 4. The molecule has 0 radical (unpaired) electrons. The lowest BCUT2D eigenvalue weighted by atomic mass is 10.2. The Kier molecular flexibility index (Phi) is 4.29. The molecule has 0 fully saturated rings. The number of fused-ring (bicyclic) bond motifs is 1. The van der Waals surface area contributed by atoms with Crippen molar-refractivity contribution in [2.45, 2.75) is 13.5 Å². The van der Waals surface area contributed by atoms with Crippen molar-refractivity contribution in [1.29, 1.82) is 0 Å². The number of nitrogens with one attached hydrogen (secondary N) is 1. The number of rotatable bonds is 3. The van der Waals surface area contributed by atoms with Crippen LogP contribution in [0.3, 0.4) is 0 Å². The number of hydrogen-bond acceptors (Lipinski definition) is 5. The summed E-state index contributed by atoms with van der Waals surface area (Å²) >= 11 is 0. The van der Waals surface area contributed by atoms with Crippen LogP contribution in [0.5, 0.6) is 0 Å². The first-order valence-electron chi connectivity index (χ1n) is 7.92. The predicted octanol–water partition coefficient (Wildman–Crippen LogP) is 0.0661. The van der Waals surface area contributed by atoms with Gasteiger partial charge in [0.05, 0.1) is 0 Å². The molecule has 0 aromatic carbocycles. The first-order chi connectivity index (χ1) is 12.3. The van der Waals surface area contributed by atoms with E-state index >= 15 is 0 Å². The van der Waals surface area contributed by atoms with E-state index in [9.17, 15) is 19.2 Å². The highest BCUT2D eigenvalue weighted by Gasteiger charge is 2.17. The molecule has 0 aliphatic carbocycles. The number of amides is 1. The average Bonchev–Trinajstić information content (AvgIpc) is 2.63. The van der Waals surface area contributed by atoms with Crippen molar-refractivity contribution in [2.75, 3.05) is 5.32 Å². The lowest BCUT2D eigenvalue weighted by Gasteiger charge is -2.12. The minimum absolute atomic E-state index is 0.0110. The van der Waals surface area contributed by atoms with Gasteiger partial charge in [-0.2, -0.15) is 0 Å². The molecule has 9 heteroatoms. The minimum atomic E-state index is -0.703. The second-order valence-electron chi connectivity index (χ2n) is 5.75. The molecule has 0 bridgehead atoms. The summed E-state index contributed by atoms with van der Waals surface area (Å²) in [4.78, 5) is 53.2. The number of pyridine rings is 2. The molecule has 0 spiro atoms. The van der Waals surface area contributed by atoms with Crippen LogP contribution in [0.25, 0.3) is 11.0 Å². The van der Waals surface area contributed by atoms with Gasteiger partial charge in [-0.05, 0) is 25.1 Å². The molecule has 0 saturated heterocycles. The average molecular weight is 355 g/mol. The number of aryl methyl sites for hydroxylation is 1. The highest BCUT2D eigenvalue weighted by Crippen LogP contribution is 2.12. The van der Waals surface area contributed by atoms with E-state index in [2.05, 4.69) is 10.3 Å². The van der Waals surface area contributed by atoms with E-state index in [1.807, 2.05) is 0 Å². The van der Waals surface area contributed by atoms with Gasteiger partial charge in [0.2, 0.25) is 0 Å². The molecular weight excluding hydrogens is 338 g/mol. The Balaban J connectivity index is 2.13. The van der Waals surface area contributed by atoms with Gasteiger partial charge in [-0.15, -0.1) is 0 Å². The Labute approximate surface area is 147 Å². The molecule has 134 valence electrons. The molecular formula is C17H17N5O4. The predicted molar refractivity (Wildman–Crippen MR) is 96.6 cm³/mol. The molecule has 0 saturated carbocycles. The molecule has 3 aromatic heterocycles. The molecule has 3 aromatic rings. The fourth-order valence-electron chi connectivity index (χ4n) is 2.70. The van der Waals surface area contributed by atoms with Crippen molar-refractivity contribution >= 4 is 22.8 Å². The second-order valence-corrected chi connectivity index (χ2v) is 5.75. The first kappa shape index (κ1) is 17.3. The van der Waals surface area contributed by atoms with Gasteiger partial charge in [-0.25, -0.2) is 9.78 Å². The third-order valence-corrected chi connectivity index (χ3v) is 4.18. The second kappa shape index (κ2) is 6.43. The molecule has 0 unspecified atom stereocenters. The maximum Gasteiger partial charge on any atom is 0.332 e. The molecule has 0 atom stereocenters. The van der Waals surface area contributed by atoms with Crippen LogP contribution in [-0.2, 0) is 20.6 Å². The number of carbonyl (C=O) groups is 1. The number of anilines is 1. The van der Waals surface area contributed by atoms with Gasteiger partial charge < -0.3 is 5.32 Å². The van der Waals surface area contributed by atoms with Crippen LogP contribution in [0.1, 0.15) is 17.3 Å². The van der Waals surface area contributed by atoms with E-state index in [1.165, 1.54) is 24.7 Å². The normalized spacial score (nSPS) is 10.9. The van der Waals surface area contributed by atoms with Crippen molar-refractivity contribution < 1.29 is 4.79 Å². The monoisotopic (exact) mass is 355 g/mol. The maximum absolute atomic E-state index is 12.6. The Bertz CT molecular complexity index is 1200. The fraction of sp³-hybridized carbons (Fsp3) is 0.235. The summed E-state index contributed by atoms with van der Waals surface area (Å²) in [5.74, 6) is -0.692. The maximum atomic E-state index is 12.6. The van der Waals surface area contributed by atoms with Crippen LogP contribution in [0, 0.1) is 0 Å². The van der Waals surface area contributed by atoms with Gasteiger partial charge in [0.15, 0.2) is 0 Å². The zero-order valence-electron chi connectivity index (χ0n) is 14.5. The molecule has 9 nitrogen and oxygen atoms in total. The largest absolute Gasteiger partial charge is 0.332 e. The highest BCUT2D eigenvalue weighted by molar-refractivity contribution is 6.05. The molecule has 1 amide bonds. The Morgan fingerprint density at radius 3 is 2.58 bits per heavy atom. The van der Waals surface area contributed by atoms with Crippen molar-refractivity contribution in [3.05, 3.63) is 67.2 Å². The first-order valence-corrected chi connectivity index (χ1v) is 7.92. The van der Waals surface area contributed by atoms with Crippen LogP contribution < -0.4 is 22.1 Å². The highest BCUT2D eigenvalue weighted by atomic mass is 16.2. The fourth-order valence-corrected chi connectivity index (χ4v) is 2.70. The molecule has 26 heavy (non-hydrogen) atoms. The van der Waals surface area contributed by atoms with Crippen LogP contribution in [0.2, 0.25) is 0 Å². The zero-order chi connectivity index (χ0) is 19.0. The van der Waals surface area contributed by atoms with Crippen molar-refractivity contribution in [3.63, 3.8) is 0 Å². The van der Waals surface area contributed by atoms with Crippen molar-refractivity contribution in [1.82, 2.24) is 18.7 Å². The van der Waals surface area contributed by atoms with Gasteiger partial charge in [0.25, 0.3) is 17.0 Å². The molecule has 3 heterocycles. The lowest BCUT2D eigenvalue weighted by molar-refractivity contribution is 0.102. The quantitative estimate of drug-likeness (QED) is 0.715. The third-order valence-electron chi connectivity index (χ3n) is 4.18. The van der Waals surface area contributed by atoms with Gasteiger partial charge in [0.1, 0.15) is 17.0 Å². The summed E-state index contributed by atoms with van der Waals surface area (Å²) in [7, 11) is 2.76. The van der Waals surface area contributed by atoms with Crippen LogP contribution in [0.4, 0.5) is 5.82 Å². The molecule has 3 rings (SSSR count). The standard InChI is InChI=1S/C17H17N5O4/c1-4-22-14-10(6-5-7-18-14)8-11(16(22)25)15(24)19-12-9-13(23)21(3)17(26)20(12)2/h5-9H,4H2,1-3H3,(H,19,24). The lowest BCUT2D eigenvalue weighted by Crippen LogP contribution is -2.38. The number of carbonyl (C=O) groups excluding carboxylic acids is 1. The van der Waals surface area contributed by atoms with Crippen molar-refractivity contribution in [3.8, 4) is 0 Å². The van der Waals surface area contributed by atoms with E-state index in [0.717, 1.165) is 15.2 Å². The topological polar surface area (TPSA) is 108 Å². The van der Waals surface area contributed by atoms with Crippen LogP contribution in [-0.4, -0.2) is 24.6 Å². The Hall–Kier alpha value is -3.49. The molecule has 0 aliphatic heterocycles. The summed E-state index contributed by atoms with van der Waals surface area (Å²) in [6, 6.07) is 6.03. The Morgan fingerprint density at radius 1 is 1.15 bits per heavy atom. The summed E-state index contributed by atoms with van der Waals surface area (Å²) in [5, 5.41) is 3.11. The van der Waals surface area contributed by atoms with Gasteiger partial charge in [0, 0.05) is 38.3 Å². The van der Waals surface area contributed by atoms with E-state index < -0.39 is 22.7 Å². The van der Waals surface area contributed by atoms with Gasteiger partial charge in [-0.3, -0.25) is 28.1 Å². The van der Waals surface area contributed by atoms with Crippen LogP contribution in [0.15, 0.2) is 44.8 Å². The smallest absolute Gasteiger partial charge is 0.308 e. The zero-order valence-corrected chi connectivity index (χ0v) is 14.5. The Morgan fingerprint density at radius 2 is 1.88 bits per heavy atom. The van der Waals surface area contributed by atoms with E-state index in [1.54, 1.807) is 25.3 Å². The van der Waals surface area contributed by atoms with Gasteiger partial charge >= 0.3 is 5.69 Å². The summed E-state index contributed by atoms with van der Waals surface area (Å²) in [6.07, 6.45) is 1.57. The summed E-state index contributed by atoms with van der Waals surface area (Å²) in [6.45, 7) is 2.12. The van der Waals surface area contributed by atoms with Crippen molar-refractivity contribution in [2.24, 2.45) is 14.1 Å². The third kappa shape index (κ3) is 2.73. The SMILES string of the molecule is CCn1c(=O)c(C(=O)Nc2cc(=O)n(C)c(=O)n2C)cc2cccnc21. The molecule has 0 aliphatic rings. The summed E-state index contributed by atoms with van der Waals surface area (Å²) < 4.78 is 3.44. The summed E-state index contributed by atoms with van der Waals surface area (Å²) in [5.41, 5.74) is -1.25. The number of nitrogens with zero attached hydrogens (tertiary/aromatic N) is 4. The minimum Gasteiger partial charge on any atom is -0.308 e. The van der Waals surface area contributed by atoms with E-state index in [-0.39, 0.29) is 11.4 Å². The van der Waals surface area contributed by atoms with Crippen LogP contribution >= 0.6 is 0 Å². The van der Waals surface area contributed by atoms with E-state index in [4.69, 9.17) is 0 Å². The molecule has 1 N–H and O–H groups in total. The van der Waals surface area contributed by atoms with Gasteiger partial charge in [-0.1, -0.05) is 0 Å². The number of hydrogen-bond donors (Lipinski definition) is 1.